The summed E-state index contributed by atoms with van der Waals surface area (Å²) in [6.45, 7) is 4.85. The molecule has 186 valence electrons. The van der Waals surface area contributed by atoms with Crippen LogP contribution >= 0.6 is 22.6 Å². The third-order valence-corrected chi connectivity index (χ3v) is 6.50. The summed E-state index contributed by atoms with van der Waals surface area (Å²) < 4.78 is 12.9. The highest BCUT2D eigenvalue weighted by molar-refractivity contribution is 14.1. The molecule has 3 amide bonds. The molecule has 1 aliphatic rings. The van der Waals surface area contributed by atoms with E-state index in [0.717, 1.165) is 20.3 Å². The van der Waals surface area contributed by atoms with E-state index in [1.807, 2.05) is 79.7 Å². The molecule has 4 rings (SSSR count). The second-order valence-corrected chi connectivity index (χ2v) is 9.44. The van der Waals surface area contributed by atoms with Crippen LogP contribution in [-0.4, -0.2) is 18.5 Å². The zero-order valence-electron chi connectivity index (χ0n) is 20.1. The van der Waals surface area contributed by atoms with Crippen molar-refractivity contribution in [2.45, 2.75) is 33.0 Å². The van der Waals surface area contributed by atoms with Gasteiger partial charge in [0.2, 0.25) is 0 Å². The number of nitrogens with one attached hydrogen (secondary N) is 3. The number of allylic oxidation sites excluding steroid dienone is 1. The summed E-state index contributed by atoms with van der Waals surface area (Å²) in [6, 6.07) is 22.3. The summed E-state index contributed by atoms with van der Waals surface area (Å²) >= 11 is 2.20. The van der Waals surface area contributed by atoms with Crippen LogP contribution in [-0.2, 0) is 17.9 Å². The van der Waals surface area contributed by atoms with Crippen LogP contribution in [0.5, 0.6) is 11.5 Å². The van der Waals surface area contributed by atoms with Gasteiger partial charge in [0.15, 0.2) is 11.5 Å². The predicted octanol–water partition coefficient (Wildman–Crippen LogP) is 5.21. The van der Waals surface area contributed by atoms with Gasteiger partial charge in [-0.05, 0) is 65.3 Å². The van der Waals surface area contributed by atoms with Crippen LogP contribution in [0.3, 0.4) is 0 Å². The van der Waals surface area contributed by atoms with Crippen LogP contribution < -0.4 is 25.4 Å². The second kappa shape index (κ2) is 11.9. The summed E-state index contributed by atoms with van der Waals surface area (Å²) in [6.07, 6.45) is 0. The molecule has 0 spiro atoms. The van der Waals surface area contributed by atoms with Gasteiger partial charge in [-0.15, -0.1) is 0 Å². The van der Waals surface area contributed by atoms with Crippen molar-refractivity contribution in [2.75, 3.05) is 6.61 Å². The van der Waals surface area contributed by atoms with Crippen LogP contribution in [0.1, 0.15) is 36.6 Å². The summed E-state index contributed by atoms with van der Waals surface area (Å²) in [7, 11) is 0. The first kappa shape index (κ1) is 25.6. The van der Waals surface area contributed by atoms with Gasteiger partial charge in [-0.3, -0.25) is 4.79 Å². The zero-order valence-corrected chi connectivity index (χ0v) is 22.3. The number of benzene rings is 3. The largest absolute Gasteiger partial charge is 0.490 e. The number of hydrogen-bond donors (Lipinski definition) is 3. The monoisotopic (exact) mass is 597 g/mol. The number of hydrogen-bond acceptors (Lipinski definition) is 4. The van der Waals surface area contributed by atoms with Crippen molar-refractivity contribution >= 4 is 34.5 Å². The fourth-order valence-electron chi connectivity index (χ4n) is 4.01. The number of amides is 3. The molecular weight excluding hydrogens is 569 g/mol. The molecule has 0 saturated carbocycles. The number of ether oxygens (including phenoxy) is 2. The maximum Gasteiger partial charge on any atom is 0.319 e. The molecule has 3 aromatic rings. The SMILES string of the molecule is CCOc1cc([C@@H]2NC(=O)NC(C)=C2C(=O)NCc2ccccc2)cc(I)c1OCc1ccccc1. The van der Waals surface area contributed by atoms with E-state index >= 15 is 0 Å². The van der Waals surface area contributed by atoms with Gasteiger partial charge in [-0.1, -0.05) is 60.7 Å². The minimum Gasteiger partial charge on any atom is -0.490 e. The van der Waals surface area contributed by atoms with Gasteiger partial charge < -0.3 is 25.4 Å². The number of halogens is 1. The first-order valence-electron chi connectivity index (χ1n) is 11.7. The maximum absolute atomic E-state index is 13.3. The molecule has 3 N–H and O–H groups in total. The van der Waals surface area contributed by atoms with Gasteiger partial charge in [0.25, 0.3) is 5.91 Å². The molecule has 7 nitrogen and oxygen atoms in total. The average molecular weight is 597 g/mol. The molecule has 8 heteroatoms. The predicted molar refractivity (Wildman–Crippen MR) is 146 cm³/mol. The van der Waals surface area contributed by atoms with Gasteiger partial charge in [0, 0.05) is 12.2 Å². The van der Waals surface area contributed by atoms with E-state index in [0.29, 0.717) is 42.5 Å². The van der Waals surface area contributed by atoms with Gasteiger partial charge in [0.1, 0.15) is 6.61 Å². The van der Waals surface area contributed by atoms with Crippen molar-refractivity contribution in [3.05, 3.63) is 104 Å². The molecule has 0 saturated heterocycles. The van der Waals surface area contributed by atoms with Crippen molar-refractivity contribution in [3.63, 3.8) is 0 Å². The lowest BCUT2D eigenvalue weighted by Crippen LogP contribution is -2.47. The standard InChI is InChI=1S/C28H28IN3O4/c1-3-35-23-15-21(14-22(29)26(23)36-17-20-12-8-5-9-13-20)25-24(18(2)31-28(34)32-25)27(33)30-16-19-10-6-4-7-11-19/h4-15,25H,3,16-17H2,1-2H3,(H,30,33)(H2,31,32,34)/t25-/m0/s1. The molecule has 3 aromatic carbocycles. The van der Waals surface area contributed by atoms with E-state index in [4.69, 9.17) is 9.47 Å². The molecule has 0 unspecified atom stereocenters. The Morgan fingerprint density at radius 2 is 1.67 bits per heavy atom. The summed E-state index contributed by atoms with van der Waals surface area (Å²) in [5.41, 5.74) is 3.71. The topological polar surface area (TPSA) is 88.7 Å². The molecule has 0 fully saturated rings. The van der Waals surface area contributed by atoms with Crippen molar-refractivity contribution in [3.8, 4) is 11.5 Å². The van der Waals surface area contributed by atoms with Crippen LogP contribution in [0.2, 0.25) is 0 Å². The van der Waals surface area contributed by atoms with E-state index in [1.54, 1.807) is 6.92 Å². The zero-order chi connectivity index (χ0) is 25.5. The van der Waals surface area contributed by atoms with Crippen molar-refractivity contribution < 1.29 is 19.1 Å². The Hall–Kier alpha value is -3.53. The lowest BCUT2D eigenvalue weighted by molar-refractivity contribution is -0.118. The average Bonchev–Trinajstić information content (AvgIpc) is 2.87. The maximum atomic E-state index is 13.3. The van der Waals surface area contributed by atoms with E-state index in [2.05, 4.69) is 38.5 Å². The molecule has 0 radical (unpaired) electrons. The molecule has 1 heterocycles. The Bertz CT molecular complexity index is 1260. The molecule has 0 bridgehead atoms. The molecule has 1 atom stereocenters. The lowest BCUT2D eigenvalue weighted by atomic mass is 9.94. The lowest BCUT2D eigenvalue weighted by Gasteiger charge is -2.29. The van der Waals surface area contributed by atoms with Crippen LogP contribution in [0.25, 0.3) is 0 Å². The van der Waals surface area contributed by atoms with Crippen molar-refractivity contribution in [2.24, 2.45) is 0 Å². The van der Waals surface area contributed by atoms with Crippen molar-refractivity contribution in [1.29, 1.82) is 0 Å². The summed E-state index contributed by atoms with van der Waals surface area (Å²) in [4.78, 5) is 25.7. The van der Waals surface area contributed by atoms with E-state index in [-0.39, 0.29) is 11.9 Å². The third kappa shape index (κ3) is 6.17. The highest BCUT2D eigenvalue weighted by atomic mass is 127. The molecule has 36 heavy (non-hydrogen) atoms. The van der Waals surface area contributed by atoms with Gasteiger partial charge >= 0.3 is 6.03 Å². The molecular formula is C28H28IN3O4. The van der Waals surface area contributed by atoms with E-state index in [1.165, 1.54) is 0 Å². The Kier molecular flexibility index (Phi) is 8.48. The number of urea groups is 1. The molecule has 0 aliphatic carbocycles. The number of carbonyl (C=O) groups is 2. The normalized spacial score (nSPS) is 15.1. The van der Waals surface area contributed by atoms with Crippen LogP contribution in [0.4, 0.5) is 4.79 Å². The second-order valence-electron chi connectivity index (χ2n) is 8.28. The first-order valence-corrected chi connectivity index (χ1v) is 12.8. The third-order valence-electron chi connectivity index (χ3n) is 5.70. The summed E-state index contributed by atoms with van der Waals surface area (Å²) in [5.74, 6) is 0.928. The number of rotatable bonds is 9. The van der Waals surface area contributed by atoms with Crippen LogP contribution in [0, 0.1) is 3.57 Å². The smallest absolute Gasteiger partial charge is 0.319 e. The van der Waals surface area contributed by atoms with Crippen molar-refractivity contribution in [1.82, 2.24) is 16.0 Å². The van der Waals surface area contributed by atoms with Gasteiger partial charge in [0.05, 0.1) is 21.8 Å². The Morgan fingerprint density at radius 1 is 1.00 bits per heavy atom. The fourth-order valence-corrected chi connectivity index (χ4v) is 4.79. The van der Waals surface area contributed by atoms with Gasteiger partial charge in [-0.25, -0.2) is 4.79 Å². The Balaban J connectivity index is 1.62. The van der Waals surface area contributed by atoms with E-state index in [9.17, 15) is 9.59 Å². The van der Waals surface area contributed by atoms with Gasteiger partial charge in [-0.2, -0.15) is 0 Å². The Morgan fingerprint density at radius 3 is 2.33 bits per heavy atom. The highest BCUT2D eigenvalue weighted by Crippen LogP contribution is 2.38. The minimum atomic E-state index is -0.648. The fraction of sp³-hybridized carbons (Fsp3) is 0.214. The number of carbonyl (C=O) groups excluding carboxylic acids is 2. The minimum absolute atomic E-state index is 0.258. The Labute approximate surface area is 224 Å². The first-order chi connectivity index (χ1) is 17.5. The summed E-state index contributed by atoms with van der Waals surface area (Å²) in [5, 5.41) is 8.59. The molecule has 0 aromatic heterocycles. The van der Waals surface area contributed by atoms with E-state index < -0.39 is 6.04 Å². The highest BCUT2D eigenvalue weighted by Gasteiger charge is 2.32. The quantitative estimate of drug-likeness (QED) is 0.296. The molecule has 1 aliphatic heterocycles. The van der Waals surface area contributed by atoms with Crippen LogP contribution in [0.15, 0.2) is 84.1 Å².